The van der Waals surface area contributed by atoms with Crippen LogP contribution >= 0.6 is 0 Å². The summed E-state index contributed by atoms with van der Waals surface area (Å²) in [6.07, 6.45) is 3.44. The Labute approximate surface area is 149 Å². The number of hydrogen-bond donors (Lipinski definition) is 1. The second kappa shape index (κ2) is 9.41. The number of aromatic nitrogens is 2. The number of methoxy groups -OCH3 is 2. The molecule has 1 aromatic heterocycles. The Morgan fingerprint density at radius 3 is 2.72 bits per heavy atom. The van der Waals surface area contributed by atoms with Gasteiger partial charge in [0, 0.05) is 51.1 Å². The van der Waals surface area contributed by atoms with Gasteiger partial charge in [-0.15, -0.1) is 0 Å². The molecule has 0 atom stereocenters. The van der Waals surface area contributed by atoms with Crippen LogP contribution < -0.4 is 15.0 Å². The zero-order chi connectivity index (χ0) is 18.2. The van der Waals surface area contributed by atoms with Crippen molar-refractivity contribution in [2.75, 3.05) is 45.4 Å². The summed E-state index contributed by atoms with van der Waals surface area (Å²) in [5.74, 6) is 1.23. The highest BCUT2D eigenvalue weighted by Crippen LogP contribution is 2.21. The number of urea groups is 1. The number of amides is 2. The molecule has 0 radical (unpaired) electrons. The lowest BCUT2D eigenvalue weighted by atomic mass is 10.0. The lowest BCUT2D eigenvalue weighted by Gasteiger charge is -2.38. The van der Waals surface area contributed by atoms with Crippen LogP contribution in [0.1, 0.15) is 26.7 Å². The van der Waals surface area contributed by atoms with Crippen molar-refractivity contribution in [1.29, 1.82) is 0 Å². The first kappa shape index (κ1) is 19.2. The van der Waals surface area contributed by atoms with Crippen LogP contribution in [-0.2, 0) is 4.74 Å². The molecule has 2 heterocycles. The predicted molar refractivity (Wildman–Crippen MR) is 96.1 cm³/mol. The van der Waals surface area contributed by atoms with E-state index in [9.17, 15) is 4.79 Å². The minimum Gasteiger partial charge on any atom is -0.481 e. The number of ether oxygens (including phenoxy) is 2. The van der Waals surface area contributed by atoms with Gasteiger partial charge in [0.1, 0.15) is 0 Å². The lowest BCUT2D eigenvalue weighted by molar-refractivity contribution is 0.119. The largest absolute Gasteiger partial charge is 0.481 e. The van der Waals surface area contributed by atoms with Gasteiger partial charge < -0.3 is 24.6 Å². The first-order valence-corrected chi connectivity index (χ1v) is 8.73. The van der Waals surface area contributed by atoms with E-state index in [0.29, 0.717) is 25.0 Å². The summed E-state index contributed by atoms with van der Waals surface area (Å²) >= 11 is 0. The molecule has 1 N–H and O–H groups in total. The van der Waals surface area contributed by atoms with Crippen molar-refractivity contribution in [1.82, 2.24) is 20.2 Å². The zero-order valence-corrected chi connectivity index (χ0v) is 15.6. The summed E-state index contributed by atoms with van der Waals surface area (Å²) in [7, 11) is 3.25. The number of carbonyl (C=O) groups excluding carboxylic acids is 1. The summed E-state index contributed by atoms with van der Waals surface area (Å²) in [6, 6.07) is 2.01. The Bertz CT molecular complexity index is 547. The van der Waals surface area contributed by atoms with Crippen molar-refractivity contribution < 1.29 is 14.3 Å². The molecule has 1 aromatic rings. The molecule has 1 fully saturated rings. The van der Waals surface area contributed by atoms with Gasteiger partial charge in [-0.25, -0.2) is 9.78 Å². The highest BCUT2D eigenvalue weighted by molar-refractivity contribution is 5.74. The van der Waals surface area contributed by atoms with E-state index in [1.807, 2.05) is 18.7 Å². The monoisotopic (exact) mass is 351 g/mol. The summed E-state index contributed by atoms with van der Waals surface area (Å²) in [6.45, 7) is 6.66. The Morgan fingerprint density at radius 2 is 2.12 bits per heavy atom. The zero-order valence-electron chi connectivity index (χ0n) is 15.6. The van der Waals surface area contributed by atoms with Crippen LogP contribution in [0.2, 0.25) is 0 Å². The van der Waals surface area contributed by atoms with Crippen molar-refractivity contribution in [3.05, 3.63) is 12.3 Å². The smallest absolute Gasteiger partial charge is 0.317 e. The van der Waals surface area contributed by atoms with Crippen LogP contribution in [0.15, 0.2) is 12.3 Å². The first-order valence-electron chi connectivity index (χ1n) is 8.73. The fourth-order valence-electron chi connectivity index (χ4n) is 2.95. The normalized spacial score (nSPS) is 15.3. The summed E-state index contributed by atoms with van der Waals surface area (Å²) in [4.78, 5) is 25.2. The fourth-order valence-corrected chi connectivity index (χ4v) is 2.95. The quantitative estimate of drug-likeness (QED) is 0.802. The van der Waals surface area contributed by atoms with E-state index < -0.39 is 0 Å². The highest BCUT2D eigenvalue weighted by atomic mass is 16.5. The van der Waals surface area contributed by atoms with Crippen LogP contribution in [0.4, 0.5) is 10.7 Å². The number of anilines is 1. The van der Waals surface area contributed by atoms with Gasteiger partial charge in [0.05, 0.1) is 13.7 Å². The van der Waals surface area contributed by atoms with E-state index in [1.165, 1.54) is 0 Å². The van der Waals surface area contributed by atoms with Gasteiger partial charge in [-0.3, -0.25) is 0 Å². The topological polar surface area (TPSA) is 79.8 Å². The molecule has 0 bridgehead atoms. The SMILES string of the molecule is COCCN(C(=O)NC(C)C)C1CCN(c2nccc(OC)n2)CC1. The third kappa shape index (κ3) is 5.45. The Morgan fingerprint density at radius 1 is 1.40 bits per heavy atom. The average molecular weight is 351 g/mol. The number of rotatable bonds is 7. The third-order valence-electron chi connectivity index (χ3n) is 4.22. The summed E-state index contributed by atoms with van der Waals surface area (Å²) in [5.41, 5.74) is 0. The Kier molecular flexibility index (Phi) is 7.24. The summed E-state index contributed by atoms with van der Waals surface area (Å²) in [5, 5.41) is 2.98. The molecule has 2 amide bonds. The molecule has 0 spiro atoms. The van der Waals surface area contributed by atoms with E-state index in [4.69, 9.17) is 9.47 Å². The van der Waals surface area contributed by atoms with Crippen molar-refractivity contribution in [2.24, 2.45) is 0 Å². The van der Waals surface area contributed by atoms with Gasteiger partial charge in [-0.2, -0.15) is 4.98 Å². The Hall–Kier alpha value is -2.09. The minimum atomic E-state index is -0.0249. The van der Waals surface area contributed by atoms with E-state index in [1.54, 1.807) is 26.5 Å². The van der Waals surface area contributed by atoms with Crippen molar-refractivity contribution in [3.63, 3.8) is 0 Å². The second-order valence-corrected chi connectivity index (χ2v) is 6.41. The molecule has 1 saturated heterocycles. The maximum absolute atomic E-state index is 12.5. The molecular weight excluding hydrogens is 322 g/mol. The van der Waals surface area contributed by atoms with Gasteiger partial charge in [0.15, 0.2) is 0 Å². The van der Waals surface area contributed by atoms with Gasteiger partial charge in [-0.1, -0.05) is 0 Å². The van der Waals surface area contributed by atoms with Crippen LogP contribution in [0, 0.1) is 0 Å². The minimum absolute atomic E-state index is 0.0249. The molecular formula is C17H29N5O3. The van der Waals surface area contributed by atoms with Gasteiger partial charge in [-0.05, 0) is 26.7 Å². The van der Waals surface area contributed by atoms with E-state index in [0.717, 1.165) is 25.9 Å². The number of carbonyl (C=O) groups is 1. The molecule has 8 nitrogen and oxygen atoms in total. The maximum atomic E-state index is 12.5. The second-order valence-electron chi connectivity index (χ2n) is 6.41. The van der Waals surface area contributed by atoms with Gasteiger partial charge >= 0.3 is 6.03 Å². The Balaban J connectivity index is 1.98. The number of hydrogen-bond acceptors (Lipinski definition) is 6. The molecule has 140 valence electrons. The predicted octanol–water partition coefficient (Wildman–Crippen LogP) is 1.52. The molecule has 0 unspecified atom stereocenters. The van der Waals surface area contributed by atoms with Crippen molar-refractivity contribution >= 4 is 12.0 Å². The third-order valence-corrected chi connectivity index (χ3v) is 4.22. The van der Waals surface area contributed by atoms with Crippen LogP contribution in [0.5, 0.6) is 5.88 Å². The molecule has 1 aliphatic rings. The molecule has 1 aliphatic heterocycles. The lowest BCUT2D eigenvalue weighted by Crippen LogP contribution is -2.53. The van der Waals surface area contributed by atoms with Crippen molar-refractivity contribution in [3.8, 4) is 5.88 Å². The van der Waals surface area contributed by atoms with E-state index >= 15 is 0 Å². The standard InChI is InChI=1S/C17H29N5O3/c1-13(2)19-17(23)22(11-12-24-3)14-6-9-21(10-7-14)16-18-8-5-15(20-16)25-4/h5,8,13-14H,6-7,9-12H2,1-4H3,(H,19,23). The van der Waals surface area contributed by atoms with Crippen molar-refractivity contribution in [2.45, 2.75) is 38.8 Å². The fraction of sp³-hybridized carbons (Fsp3) is 0.706. The molecule has 0 saturated carbocycles. The van der Waals surface area contributed by atoms with Crippen LogP contribution in [0.25, 0.3) is 0 Å². The average Bonchev–Trinajstić information content (AvgIpc) is 2.62. The van der Waals surface area contributed by atoms with Crippen LogP contribution in [0.3, 0.4) is 0 Å². The van der Waals surface area contributed by atoms with Gasteiger partial charge in [0.25, 0.3) is 0 Å². The number of nitrogens with one attached hydrogen (secondary N) is 1. The van der Waals surface area contributed by atoms with Gasteiger partial charge in [0.2, 0.25) is 11.8 Å². The molecule has 25 heavy (non-hydrogen) atoms. The van der Waals surface area contributed by atoms with E-state index in [-0.39, 0.29) is 18.1 Å². The van der Waals surface area contributed by atoms with E-state index in [2.05, 4.69) is 20.2 Å². The van der Waals surface area contributed by atoms with Crippen LogP contribution in [-0.4, -0.2) is 73.4 Å². The number of piperidine rings is 1. The maximum Gasteiger partial charge on any atom is 0.317 e. The number of nitrogens with zero attached hydrogens (tertiary/aromatic N) is 4. The molecule has 0 aliphatic carbocycles. The first-order chi connectivity index (χ1) is 12.0. The highest BCUT2D eigenvalue weighted by Gasteiger charge is 2.29. The molecule has 8 heteroatoms. The summed E-state index contributed by atoms with van der Waals surface area (Å²) < 4.78 is 10.3. The molecule has 0 aromatic carbocycles. The molecule has 2 rings (SSSR count).